The minimum atomic E-state index is -1.59. The molecular weight excluding hydrogens is 357 g/mol. The van der Waals surface area contributed by atoms with Crippen LogP contribution in [0.3, 0.4) is 0 Å². The van der Waals surface area contributed by atoms with Crippen LogP contribution in [-0.2, 0) is 0 Å². The lowest BCUT2D eigenvalue weighted by molar-refractivity contribution is 0.0987. The highest BCUT2D eigenvalue weighted by molar-refractivity contribution is 6.05. The average Bonchev–Trinajstić information content (AvgIpc) is 2.70. The fourth-order valence-corrected chi connectivity index (χ4v) is 2.45. The van der Waals surface area contributed by atoms with Gasteiger partial charge in [0.05, 0.1) is 11.3 Å². The van der Waals surface area contributed by atoms with Crippen molar-refractivity contribution in [3.63, 3.8) is 0 Å². The van der Waals surface area contributed by atoms with E-state index in [9.17, 15) is 18.0 Å². The summed E-state index contributed by atoms with van der Waals surface area (Å²) in [5, 5.41) is 2.45. The molecule has 0 aliphatic carbocycles. The van der Waals surface area contributed by atoms with Gasteiger partial charge in [0.1, 0.15) is 0 Å². The molecule has 0 saturated carbocycles. The molecule has 5 nitrogen and oxygen atoms in total. The Morgan fingerprint density at radius 1 is 1.00 bits per heavy atom. The number of halogens is 3. The first-order valence-electron chi connectivity index (χ1n) is 8.10. The van der Waals surface area contributed by atoms with Gasteiger partial charge in [-0.25, -0.2) is 23.1 Å². The molecule has 0 spiro atoms. The quantitative estimate of drug-likeness (QED) is 0.679. The van der Waals surface area contributed by atoms with Gasteiger partial charge in [-0.15, -0.1) is 0 Å². The monoisotopic (exact) mass is 372 g/mol. The highest BCUT2D eigenvalue weighted by atomic mass is 19.2. The lowest BCUT2D eigenvalue weighted by Crippen LogP contribution is -2.30. The second kappa shape index (κ2) is 7.86. The predicted molar refractivity (Wildman–Crippen MR) is 95.4 cm³/mol. The molecule has 0 atom stereocenters. The first-order valence-corrected chi connectivity index (χ1v) is 8.10. The number of rotatable bonds is 5. The van der Waals surface area contributed by atoms with Crippen LogP contribution in [0.4, 0.5) is 30.5 Å². The second-order valence-electron chi connectivity index (χ2n) is 5.53. The van der Waals surface area contributed by atoms with Crippen LogP contribution in [0.15, 0.2) is 54.9 Å². The van der Waals surface area contributed by atoms with Gasteiger partial charge in [-0.05, 0) is 31.2 Å². The number of carbonyl (C=O) groups excluding carboxylic acids is 1. The predicted octanol–water partition coefficient (Wildman–Crippen LogP) is 4.30. The van der Waals surface area contributed by atoms with Gasteiger partial charge in [-0.2, -0.15) is 0 Å². The summed E-state index contributed by atoms with van der Waals surface area (Å²) in [6.07, 6.45) is 2.56. The van der Waals surface area contributed by atoms with Crippen molar-refractivity contribution in [2.45, 2.75) is 6.92 Å². The molecule has 3 rings (SSSR count). The van der Waals surface area contributed by atoms with Crippen molar-refractivity contribution < 1.29 is 18.0 Å². The van der Waals surface area contributed by atoms with E-state index in [1.807, 2.05) is 37.3 Å². The van der Waals surface area contributed by atoms with Gasteiger partial charge < -0.3 is 10.2 Å². The molecule has 1 heterocycles. The second-order valence-corrected chi connectivity index (χ2v) is 5.53. The minimum absolute atomic E-state index is 0.0563. The van der Waals surface area contributed by atoms with E-state index in [4.69, 9.17) is 0 Å². The molecule has 3 aromatic rings. The molecule has 0 radical (unpaired) electrons. The smallest absolute Gasteiger partial charge is 0.261 e. The van der Waals surface area contributed by atoms with E-state index in [2.05, 4.69) is 15.3 Å². The third-order valence-corrected chi connectivity index (χ3v) is 3.81. The Morgan fingerprint density at radius 3 is 2.30 bits per heavy atom. The van der Waals surface area contributed by atoms with Crippen molar-refractivity contribution in [1.29, 1.82) is 0 Å². The number of aromatic nitrogens is 2. The Hall–Kier alpha value is -3.42. The van der Waals surface area contributed by atoms with E-state index < -0.39 is 17.5 Å². The summed E-state index contributed by atoms with van der Waals surface area (Å²) in [7, 11) is 0. The van der Waals surface area contributed by atoms with Crippen LogP contribution in [0.5, 0.6) is 0 Å². The molecule has 8 heteroatoms. The van der Waals surface area contributed by atoms with Crippen molar-refractivity contribution in [2.75, 3.05) is 16.8 Å². The first kappa shape index (κ1) is 18.4. The molecule has 0 aliphatic heterocycles. The number of para-hydroxylation sites is 1. The number of anilines is 3. The van der Waals surface area contributed by atoms with Crippen molar-refractivity contribution in [2.24, 2.45) is 0 Å². The van der Waals surface area contributed by atoms with E-state index in [0.29, 0.717) is 6.54 Å². The van der Waals surface area contributed by atoms with Crippen molar-refractivity contribution >= 4 is 23.2 Å². The van der Waals surface area contributed by atoms with Gasteiger partial charge in [0.2, 0.25) is 5.95 Å². The summed E-state index contributed by atoms with van der Waals surface area (Å²) in [5.74, 6) is -4.61. The molecule has 1 N–H and O–H groups in total. The minimum Gasteiger partial charge on any atom is -0.322 e. The molecule has 1 aromatic heterocycles. The average molecular weight is 372 g/mol. The van der Waals surface area contributed by atoms with E-state index in [-0.39, 0.29) is 23.1 Å². The van der Waals surface area contributed by atoms with E-state index >= 15 is 0 Å². The fourth-order valence-electron chi connectivity index (χ4n) is 2.45. The van der Waals surface area contributed by atoms with Crippen molar-refractivity contribution in [1.82, 2.24) is 9.97 Å². The number of nitrogens with one attached hydrogen (secondary N) is 1. The Labute approximate surface area is 153 Å². The summed E-state index contributed by atoms with van der Waals surface area (Å²) >= 11 is 0. The number of hydrogen-bond acceptors (Lipinski definition) is 4. The maximum atomic E-state index is 13.7. The largest absolute Gasteiger partial charge is 0.322 e. The zero-order chi connectivity index (χ0) is 19.4. The number of benzene rings is 2. The highest BCUT2D eigenvalue weighted by Gasteiger charge is 2.18. The van der Waals surface area contributed by atoms with E-state index in [1.54, 1.807) is 4.90 Å². The highest BCUT2D eigenvalue weighted by Crippen LogP contribution is 2.22. The molecular formula is C19H15F3N4O. The van der Waals surface area contributed by atoms with Gasteiger partial charge in [0.25, 0.3) is 5.91 Å². The topological polar surface area (TPSA) is 58.1 Å². The third-order valence-electron chi connectivity index (χ3n) is 3.81. The van der Waals surface area contributed by atoms with Crippen LogP contribution in [0.1, 0.15) is 17.3 Å². The lowest BCUT2D eigenvalue weighted by Gasteiger charge is -2.20. The fraction of sp³-hybridized carbons (Fsp3) is 0.105. The molecule has 0 unspecified atom stereocenters. The number of nitrogens with zero attached hydrogens (tertiary/aromatic N) is 3. The first-order chi connectivity index (χ1) is 13.0. The van der Waals surface area contributed by atoms with Crippen molar-refractivity contribution in [3.8, 4) is 0 Å². The summed E-state index contributed by atoms with van der Waals surface area (Å²) in [6, 6.07) is 10.9. The summed E-state index contributed by atoms with van der Waals surface area (Å²) < 4.78 is 39.9. The summed E-state index contributed by atoms with van der Waals surface area (Å²) in [5.41, 5.74) is 0.653. The molecule has 2 aromatic carbocycles. The van der Waals surface area contributed by atoms with Crippen LogP contribution < -0.4 is 10.2 Å². The number of carbonyl (C=O) groups is 1. The SMILES string of the molecule is CCN(C(=O)c1cnc(Nc2ccc(F)c(F)c2F)nc1)c1ccccc1. The van der Waals surface area contributed by atoms with Crippen LogP contribution in [0.2, 0.25) is 0 Å². The molecule has 0 fully saturated rings. The van der Waals surface area contributed by atoms with E-state index in [0.717, 1.165) is 17.8 Å². The third kappa shape index (κ3) is 3.89. The number of amides is 1. The van der Waals surface area contributed by atoms with Crippen LogP contribution >= 0.6 is 0 Å². The zero-order valence-corrected chi connectivity index (χ0v) is 14.3. The van der Waals surface area contributed by atoms with Crippen LogP contribution in [0, 0.1) is 17.5 Å². The summed E-state index contributed by atoms with van der Waals surface area (Å²) in [6.45, 7) is 2.29. The van der Waals surface area contributed by atoms with E-state index in [1.165, 1.54) is 12.4 Å². The molecule has 1 amide bonds. The Morgan fingerprint density at radius 2 is 1.67 bits per heavy atom. The van der Waals surface area contributed by atoms with Gasteiger partial charge in [0.15, 0.2) is 17.5 Å². The molecule has 0 saturated heterocycles. The van der Waals surface area contributed by atoms with Crippen LogP contribution in [0.25, 0.3) is 0 Å². The van der Waals surface area contributed by atoms with Gasteiger partial charge in [-0.1, -0.05) is 18.2 Å². The molecule has 138 valence electrons. The van der Waals surface area contributed by atoms with Gasteiger partial charge in [0, 0.05) is 24.6 Å². The summed E-state index contributed by atoms with van der Waals surface area (Å²) in [4.78, 5) is 22.1. The van der Waals surface area contributed by atoms with Crippen LogP contribution in [-0.4, -0.2) is 22.4 Å². The zero-order valence-electron chi connectivity index (χ0n) is 14.3. The molecule has 0 aliphatic rings. The maximum absolute atomic E-state index is 13.7. The van der Waals surface area contributed by atoms with Gasteiger partial charge >= 0.3 is 0 Å². The Kier molecular flexibility index (Phi) is 5.35. The van der Waals surface area contributed by atoms with Crippen molar-refractivity contribution in [3.05, 3.63) is 77.9 Å². The van der Waals surface area contributed by atoms with Gasteiger partial charge in [-0.3, -0.25) is 4.79 Å². The Balaban J connectivity index is 1.79. The Bertz CT molecular complexity index is 949. The normalized spacial score (nSPS) is 10.5. The lowest BCUT2D eigenvalue weighted by atomic mass is 10.2. The molecule has 0 bridgehead atoms. The standard InChI is InChI=1S/C19H15F3N4O/c1-2-26(13-6-4-3-5-7-13)18(27)12-10-23-19(24-11-12)25-15-9-8-14(20)16(21)17(15)22/h3-11H,2H2,1H3,(H,23,24,25). The molecule has 27 heavy (non-hydrogen) atoms. The number of hydrogen-bond donors (Lipinski definition) is 1. The maximum Gasteiger partial charge on any atom is 0.261 e.